The Bertz CT molecular complexity index is 795. The molecule has 7 heteroatoms. The average molecular weight is 317 g/mol. The summed E-state index contributed by atoms with van der Waals surface area (Å²) in [6, 6.07) is 12.8. The van der Waals surface area contributed by atoms with E-state index in [0.717, 1.165) is 5.56 Å². The van der Waals surface area contributed by atoms with E-state index in [9.17, 15) is 13.2 Å². The summed E-state index contributed by atoms with van der Waals surface area (Å²) in [5, 5.41) is 6.33. The molecule has 0 spiro atoms. The molecule has 6 nitrogen and oxygen atoms in total. The number of anilines is 1. The molecule has 0 saturated carbocycles. The van der Waals surface area contributed by atoms with Crippen molar-refractivity contribution in [2.75, 3.05) is 5.32 Å². The molecular formula is C15H15N3O3S. The second kappa shape index (κ2) is 6.48. The lowest BCUT2D eigenvalue weighted by atomic mass is 10.2. The molecule has 0 aliphatic heterocycles. The van der Waals surface area contributed by atoms with E-state index in [-0.39, 0.29) is 10.8 Å². The summed E-state index contributed by atoms with van der Waals surface area (Å²) in [6.45, 7) is 3.27. The van der Waals surface area contributed by atoms with Crippen molar-refractivity contribution in [2.45, 2.75) is 18.7 Å². The van der Waals surface area contributed by atoms with Crippen LogP contribution in [0.25, 0.3) is 0 Å². The van der Waals surface area contributed by atoms with Crippen molar-refractivity contribution in [3.05, 3.63) is 54.1 Å². The molecule has 2 aromatic carbocycles. The van der Waals surface area contributed by atoms with Crippen molar-refractivity contribution in [1.82, 2.24) is 0 Å². The predicted octanol–water partition coefficient (Wildman–Crippen LogP) is 3.43. The van der Waals surface area contributed by atoms with Gasteiger partial charge in [0.2, 0.25) is 5.91 Å². The molecular weight excluding hydrogens is 302 g/mol. The fraction of sp³-hybridized carbons (Fsp3) is 0.133. The Kier molecular flexibility index (Phi) is 4.67. The number of nitrogens with one attached hydrogen (secondary N) is 1. The number of aryl methyl sites for hydroxylation is 1. The zero-order valence-corrected chi connectivity index (χ0v) is 13.0. The predicted molar refractivity (Wildman–Crippen MR) is 83.6 cm³/mol. The molecule has 2 aromatic rings. The first-order valence-electron chi connectivity index (χ1n) is 6.49. The molecule has 0 saturated heterocycles. The normalized spacial score (nSPS) is 11.5. The van der Waals surface area contributed by atoms with Crippen LogP contribution in [0.2, 0.25) is 0 Å². The third-order valence-corrected chi connectivity index (χ3v) is 3.93. The van der Waals surface area contributed by atoms with Gasteiger partial charge in [-0.15, -0.1) is 5.11 Å². The van der Waals surface area contributed by atoms with E-state index in [1.165, 1.54) is 19.1 Å². The average Bonchev–Trinajstić information content (AvgIpc) is 2.46. The van der Waals surface area contributed by atoms with Crippen LogP contribution in [0.3, 0.4) is 0 Å². The number of sulfonamides is 1. The number of amides is 1. The van der Waals surface area contributed by atoms with Crippen molar-refractivity contribution < 1.29 is 13.2 Å². The van der Waals surface area contributed by atoms with Gasteiger partial charge in [0.25, 0.3) is 10.0 Å². The second-order valence-corrected chi connectivity index (χ2v) is 6.28. The van der Waals surface area contributed by atoms with Crippen LogP contribution in [0.5, 0.6) is 0 Å². The van der Waals surface area contributed by atoms with Gasteiger partial charge in [-0.05, 0) is 43.3 Å². The first-order chi connectivity index (χ1) is 10.4. The Morgan fingerprint density at radius 2 is 1.59 bits per heavy atom. The topological polar surface area (TPSA) is 88.0 Å². The lowest BCUT2D eigenvalue weighted by Crippen LogP contribution is -2.04. The molecule has 0 unspecified atom stereocenters. The fourth-order valence-electron chi connectivity index (χ4n) is 1.67. The van der Waals surface area contributed by atoms with Gasteiger partial charge in [0.1, 0.15) is 0 Å². The molecule has 114 valence electrons. The molecule has 0 aliphatic carbocycles. The summed E-state index contributed by atoms with van der Waals surface area (Å²) < 4.78 is 27.5. The van der Waals surface area contributed by atoms with Crippen molar-refractivity contribution in [1.29, 1.82) is 0 Å². The van der Waals surface area contributed by atoms with Crippen LogP contribution in [0.15, 0.2) is 63.1 Å². The molecule has 0 bridgehead atoms. The summed E-state index contributed by atoms with van der Waals surface area (Å²) in [4.78, 5) is 11.0. The molecule has 0 radical (unpaired) electrons. The minimum absolute atomic E-state index is 0.0942. The van der Waals surface area contributed by atoms with Crippen molar-refractivity contribution in [3.63, 3.8) is 0 Å². The third-order valence-electron chi connectivity index (χ3n) is 2.77. The number of hydrogen-bond donors (Lipinski definition) is 1. The van der Waals surface area contributed by atoms with Gasteiger partial charge in [0.15, 0.2) is 0 Å². The minimum Gasteiger partial charge on any atom is -0.326 e. The lowest BCUT2D eigenvalue weighted by Gasteiger charge is -2.01. The molecule has 0 heterocycles. The highest BCUT2D eigenvalue weighted by molar-refractivity contribution is 7.90. The Balaban J connectivity index is 2.16. The van der Waals surface area contributed by atoms with E-state index < -0.39 is 10.0 Å². The SMILES string of the molecule is CC(=O)Nc1ccc(N=NS(=O)(=O)c2ccc(C)cc2)cc1. The van der Waals surface area contributed by atoms with Gasteiger partial charge >= 0.3 is 0 Å². The maximum atomic E-state index is 12.0. The van der Waals surface area contributed by atoms with Crippen LogP contribution in [-0.2, 0) is 14.8 Å². The summed E-state index contributed by atoms with van der Waals surface area (Å²) in [5.41, 5.74) is 1.95. The zero-order valence-electron chi connectivity index (χ0n) is 12.1. The summed E-state index contributed by atoms with van der Waals surface area (Å²) in [6.07, 6.45) is 0. The Morgan fingerprint density at radius 3 is 2.14 bits per heavy atom. The molecule has 22 heavy (non-hydrogen) atoms. The lowest BCUT2D eigenvalue weighted by molar-refractivity contribution is -0.114. The van der Waals surface area contributed by atoms with E-state index in [1.807, 2.05) is 6.92 Å². The summed E-state index contributed by atoms with van der Waals surface area (Å²) >= 11 is 0. The Hall–Kier alpha value is -2.54. The number of carbonyl (C=O) groups is 1. The van der Waals surface area contributed by atoms with Gasteiger partial charge < -0.3 is 5.32 Å². The maximum Gasteiger partial charge on any atom is 0.299 e. The number of carbonyl (C=O) groups excluding carboxylic acids is 1. The van der Waals surface area contributed by atoms with Crippen molar-refractivity contribution >= 4 is 27.3 Å². The molecule has 1 amide bonds. The third kappa shape index (κ3) is 4.23. The second-order valence-electron chi connectivity index (χ2n) is 4.70. The monoisotopic (exact) mass is 317 g/mol. The van der Waals surface area contributed by atoms with Gasteiger partial charge in [-0.1, -0.05) is 22.2 Å². The van der Waals surface area contributed by atoms with Gasteiger partial charge in [-0.25, -0.2) is 0 Å². The molecule has 0 aromatic heterocycles. The van der Waals surface area contributed by atoms with Crippen LogP contribution in [0.4, 0.5) is 11.4 Å². The molecule has 2 rings (SSSR count). The van der Waals surface area contributed by atoms with Gasteiger partial charge in [-0.3, -0.25) is 4.79 Å². The van der Waals surface area contributed by atoms with Crippen LogP contribution in [0, 0.1) is 6.92 Å². The van der Waals surface area contributed by atoms with Crippen molar-refractivity contribution in [2.24, 2.45) is 9.63 Å². The first-order valence-corrected chi connectivity index (χ1v) is 7.93. The smallest absolute Gasteiger partial charge is 0.299 e. The van der Waals surface area contributed by atoms with Crippen LogP contribution < -0.4 is 5.32 Å². The molecule has 0 aliphatic rings. The highest BCUT2D eigenvalue weighted by Gasteiger charge is 2.12. The summed E-state index contributed by atoms with van der Waals surface area (Å²) in [7, 11) is -3.82. The largest absolute Gasteiger partial charge is 0.326 e. The van der Waals surface area contributed by atoms with E-state index >= 15 is 0 Å². The Morgan fingerprint density at radius 1 is 1.00 bits per heavy atom. The van der Waals surface area contributed by atoms with Gasteiger partial charge in [-0.2, -0.15) is 8.42 Å². The number of rotatable bonds is 4. The highest BCUT2D eigenvalue weighted by Crippen LogP contribution is 2.20. The quantitative estimate of drug-likeness (QED) is 0.876. The first kappa shape index (κ1) is 15.8. The number of benzene rings is 2. The van der Waals surface area contributed by atoms with Crippen LogP contribution >= 0.6 is 0 Å². The van der Waals surface area contributed by atoms with Crippen LogP contribution in [0.1, 0.15) is 12.5 Å². The summed E-state index contributed by atoms with van der Waals surface area (Å²) in [5.74, 6) is -0.184. The maximum absolute atomic E-state index is 12.0. The van der Waals surface area contributed by atoms with Crippen LogP contribution in [-0.4, -0.2) is 14.3 Å². The van der Waals surface area contributed by atoms with E-state index in [0.29, 0.717) is 11.4 Å². The Labute approximate surface area is 129 Å². The molecule has 1 N–H and O–H groups in total. The fourth-order valence-corrected chi connectivity index (χ4v) is 2.45. The van der Waals surface area contributed by atoms with E-state index in [2.05, 4.69) is 15.0 Å². The highest BCUT2D eigenvalue weighted by atomic mass is 32.2. The number of nitrogens with zero attached hydrogens (tertiary/aromatic N) is 2. The van der Waals surface area contributed by atoms with E-state index in [1.54, 1.807) is 36.4 Å². The van der Waals surface area contributed by atoms with E-state index in [4.69, 9.17) is 0 Å². The molecule has 0 fully saturated rings. The molecule has 0 atom stereocenters. The standard InChI is InChI=1S/C15H15N3O3S/c1-11-3-9-15(10-4-11)22(20,21)18-17-14-7-5-13(6-8-14)16-12(2)19/h3-10H,1-2H3,(H,16,19). The number of hydrogen-bond acceptors (Lipinski definition) is 4. The van der Waals surface area contributed by atoms with Crippen molar-refractivity contribution in [3.8, 4) is 0 Å². The minimum atomic E-state index is -3.82. The van der Waals surface area contributed by atoms with Gasteiger partial charge in [0.05, 0.1) is 10.6 Å². The zero-order chi connectivity index (χ0) is 16.2. The van der Waals surface area contributed by atoms with Gasteiger partial charge in [0, 0.05) is 12.6 Å².